The van der Waals surface area contributed by atoms with E-state index in [0.29, 0.717) is 32.0 Å². The third kappa shape index (κ3) is 4.77. The molecule has 2 amide bonds. The number of morpholine rings is 1. The van der Waals surface area contributed by atoms with E-state index in [2.05, 4.69) is 5.32 Å². The average molecular weight is 430 g/mol. The van der Waals surface area contributed by atoms with Gasteiger partial charge >= 0.3 is 0 Å². The molecule has 1 aromatic rings. The molecular weight excluding hydrogens is 406 g/mol. The molecule has 9 nitrogen and oxygen atoms in total. The highest BCUT2D eigenvalue weighted by molar-refractivity contribution is 8.13. The van der Waals surface area contributed by atoms with Crippen molar-refractivity contribution in [1.29, 1.82) is 0 Å². The zero-order valence-corrected chi connectivity index (χ0v) is 17.2. The van der Waals surface area contributed by atoms with E-state index >= 15 is 0 Å². The van der Waals surface area contributed by atoms with Crippen molar-refractivity contribution in [3.05, 3.63) is 18.2 Å². The molecule has 2 fully saturated rings. The summed E-state index contributed by atoms with van der Waals surface area (Å²) in [5, 5.41) is 2.68. The molecule has 0 saturated carbocycles. The second-order valence-corrected chi connectivity index (χ2v) is 9.23. The van der Waals surface area contributed by atoms with E-state index in [1.807, 2.05) is 0 Å². The molecule has 0 bridgehead atoms. The summed E-state index contributed by atoms with van der Waals surface area (Å²) in [6, 6.07) is 4.51. The Kier molecular flexibility index (Phi) is 6.81. The maximum absolute atomic E-state index is 13.0. The highest BCUT2D eigenvalue weighted by Crippen LogP contribution is 2.30. The molecule has 0 aliphatic carbocycles. The van der Waals surface area contributed by atoms with E-state index in [-0.39, 0.29) is 41.3 Å². The quantitative estimate of drug-likeness (QED) is 0.695. The van der Waals surface area contributed by atoms with Crippen LogP contribution in [0, 0.1) is 0 Å². The molecule has 2 heterocycles. The summed E-state index contributed by atoms with van der Waals surface area (Å²) in [5.41, 5.74) is 0.361. The van der Waals surface area contributed by atoms with Crippen LogP contribution in [0.1, 0.15) is 6.42 Å². The fraction of sp³-hybridized carbons (Fsp3) is 0.529. The van der Waals surface area contributed by atoms with Crippen molar-refractivity contribution >= 4 is 38.6 Å². The van der Waals surface area contributed by atoms with Gasteiger partial charge in [-0.15, -0.1) is 0 Å². The summed E-state index contributed by atoms with van der Waals surface area (Å²) in [6.45, 7) is 2.19. The maximum atomic E-state index is 13.0. The normalized spacial score (nSPS) is 18.3. The van der Waals surface area contributed by atoms with Crippen molar-refractivity contribution < 1.29 is 27.5 Å². The van der Waals surface area contributed by atoms with E-state index in [9.17, 15) is 18.0 Å². The number of benzene rings is 1. The van der Waals surface area contributed by atoms with Crippen LogP contribution >= 0.6 is 11.8 Å². The molecule has 11 heteroatoms. The van der Waals surface area contributed by atoms with Crippen molar-refractivity contribution in [3.63, 3.8) is 0 Å². The summed E-state index contributed by atoms with van der Waals surface area (Å²) in [4.78, 5) is 25.4. The monoisotopic (exact) mass is 429 g/mol. The van der Waals surface area contributed by atoms with Crippen LogP contribution < -0.4 is 10.1 Å². The number of carbonyl (C=O) groups excluding carboxylic acids is 2. The van der Waals surface area contributed by atoms with Gasteiger partial charge in [0.1, 0.15) is 10.6 Å². The van der Waals surface area contributed by atoms with Gasteiger partial charge in [0, 0.05) is 44.0 Å². The lowest BCUT2D eigenvalue weighted by Crippen LogP contribution is -2.40. The lowest BCUT2D eigenvalue weighted by molar-refractivity contribution is -0.116. The third-order valence-corrected chi connectivity index (χ3v) is 7.30. The highest BCUT2D eigenvalue weighted by Gasteiger charge is 2.29. The van der Waals surface area contributed by atoms with Crippen LogP contribution in [0.4, 0.5) is 10.5 Å². The average Bonchev–Trinajstić information content (AvgIpc) is 3.12. The van der Waals surface area contributed by atoms with Crippen molar-refractivity contribution in [2.45, 2.75) is 11.3 Å². The third-order valence-electron chi connectivity index (χ3n) is 4.49. The van der Waals surface area contributed by atoms with Gasteiger partial charge in [0.15, 0.2) is 0 Å². The first kappa shape index (κ1) is 20.9. The highest BCUT2D eigenvalue weighted by atomic mass is 32.2. The Hall–Kier alpha value is -1.82. The maximum Gasteiger partial charge on any atom is 0.281 e. The Morgan fingerprint density at radius 1 is 1.29 bits per heavy atom. The second-order valence-electron chi connectivity index (χ2n) is 6.28. The molecule has 1 aromatic carbocycles. The lowest BCUT2D eigenvalue weighted by atomic mass is 10.3. The molecule has 0 atom stereocenters. The molecule has 3 rings (SSSR count). The largest absolute Gasteiger partial charge is 0.495 e. The molecule has 1 N–H and O–H groups in total. The fourth-order valence-corrected chi connectivity index (χ4v) is 5.41. The Morgan fingerprint density at radius 2 is 2.04 bits per heavy atom. The minimum Gasteiger partial charge on any atom is -0.495 e. The van der Waals surface area contributed by atoms with Crippen LogP contribution in [0.25, 0.3) is 0 Å². The Balaban J connectivity index is 1.71. The number of sulfonamides is 1. The van der Waals surface area contributed by atoms with Gasteiger partial charge in [0.05, 0.1) is 20.3 Å². The molecule has 28 heavy (non-hydrogen) atoms. The number of ether oxygens (including phenoxy) is 2. The second kappa shape index (κ2) is 9.12. The van der Waals surface area contributed by atoms with Gasteiger partial charge in [-0.3, -0.25) is 9.59 Å². The van der Waals surface area contributed by atoms with E-state index in [4.69, 9.17) is 9.47 Å². The minimum atomic E-state index is -3.77. The summed E-state index contributed by atoms with van der Waals surface area (Å²) in [5.74, 6) is 0.663. The zero-order valence-electron chi connectivity index (χ0n) is 15.5. The van der Waals surface area contributed by atoms with Gasteiger partial charge in [-0.1, -0.05) is 11.8 Å². The first-order chi connectivity index (χ1) is 13.4. The number of methoxy groups -OCH3 is 1. The summed E-state index contributed by atoms with van der Waals surface area (Å²) in [6.07, 6.45) is 0.143. The Bertz CT molecular complexity index is 839. The number of anilines is 1. The Labute approximate surface area is 168 Å². The number of hydrogen-bond donors (Lipinski definition) is 1. The lowest BCUT2D eigenvalue weighted by Gasteiger charge is -2.26. The number of amides is 2. The number of thioether (sulfide) groups is 1. The van der Waals surface area contributed by atoms with Crippen LogP contribution in [0.15, 0.2) is 23.1 Å². The van der Waals surface area contributed by atoms with Crippen molar-refractivity contribution in [2.75, 3.05) is 57.6 Å². The van der Waals surface area contributed by atoms with Crippen LogP contribution in [-0.4, -0.2) is 81.0 Å². The Morgan fingerprint density at radius 3 is 2.68 bits per heavy atom. The molecule has 2 saturated heterocycles. The SMILES string of the molecule is COc1ccc(NC(=O)CCN2CCSC2=O)cc1S(=O)(=O)N1CCOCC1. The number of nitrogens with zero attached hydrogens (tertiary/aromatic N) is 2. The van der Waals surface area contributed by atoms with Gasteiger partial charge in [-0.05, 0) is 18.2 Å². The first-order valence-corrected chi connectivity index (χ1v) is 11.3. The summed E-state index contributed by atoms with van der Waals surface area (Å²) in [7, 11) is -2.37. The molecule has 154 valence electrons. The number of rotatable bonds is 7. The molecule has 0 unspecified atom stereocenters. The minimum absolute atomic E-state index is 0.000760. The topological polar surface area (TPSA) is 105 Å². The zero-order chi connectivity index (χ0) is 20.1. The molecule has 2 aliphatic heterocycles. The van der Waals surface area contributed by atoms with E-state index < -0.39 is 10.0 Å². The predicted molar refractivity (Wildman–Crippen MR) is 105 cm³/mol. The fourth-order valence-electron chi connectivity index (χ4n) is 2.97. The van der Waals surface area contributed by atoms with E-state index in [1.165, 1.54) is 35.3 Å². The van der Waals surface area contributed by atoms with Gasteiger partial charge < -0.3 is 19.7 Å². The predicted octanol–water partition coefficient (Wildman–Crippen LogP) is 1.21. The summed E-state index contributed by atoms with van der Waals surface area (Å²) < 4.78 is 37.7. The molecule has 0 spiro atoms. The number of nitrogens with one attached hydrogen (secondary N) is 1. The standard InChI is InChI=1S/C17H23N3O6S2/c1-25-14-3-2-13(18-16(21)4-5-19-8-11-27-17(19)22)12-15(14)28(23,24)20-6-9-26-10-7-20/h2-3,12H,4-11H2,1H3,(H,18,21). The van der Waals surface area contributed by atoms with Crippen LogP contribution in [0.5, 0.6) is 5.75 Å². The smallest absolute Gasteiger partial charge is 0.281 e. The van der Waals surface area contributed by atoms with Gasteiger partial charge in [-0.25, -0.2) is 8.42 Å². The van der Waals surface area contributed by atoms with Gasteiger partial charge in [-0.2, -0.15) is 4.31 Å². The van der Waals surface area contributed by atoms with Gasteiger partial charge in [0.25, 0.3) is 5.24 Å². The molecule has 0 radical (unpaired) electrons. The van der Waals surface area contributed by atoms with E-state index in [1.54, 1.807) is 11.0 Å². The van der Waals surface area contributed by atoms with Crippen molar-refractivity contribution in [3.8, 4) is 5.75 Å². The van der Waals surface area contributed by atoms with Crippen LogP contribution in [-0.2, 0) is 19.6 Å². The number of hydrogen-bond acceptors (Lipinski definition) is 7. The summed E-state index contributed by atoms with van der Waals surface area (Å²) >= 11 is 1.24. The molecule has 0 aromatic heterocycles. The molecular formula is C17H23N3O6S2. The number of carbonyl (C=O) groups is 2. The van der Waals surface area contributed by atoms with Crippen molar-refractivity contribution in [1.82, 2.24) is 9.21 Å². The van der Waals surface area contributed by atoms with Crippen LogP contribution in [0.3, 0.4) is 0 Å². The first-order valence-electron chi connectivity index (χ1n) is 8.89. The molecule has 2 aliphatic rings. The van der Waals surface area contributed by atoms with Crippen molar-refractivity contribution in [2.24, 2.45) is 0 Å². The van der Waals surface area contributed by atoms with E-state index in [0.717, 1.165) is 5.75 Å². The van der Waals surface area contributed by atoms with Gasteiger partial charge in [0.2, 0.25) is 15.9 Å². The van der Waals surface area contributed by atoms with Crippen LogP contribution in [0.2, 0.25) is 0 Å².